The van der Waals surface area contributed by atoms with Crippen molar-refractivity contribution < 1.29 is 5.11 Å². The molecule has 1 N–H and O–H groups in total. The van der Waals surface area contributed by atoms with Crippen LogP contribution in [-0.2, 0) is 0 Å². The number of hydrogen-bond acceptors (Lipinski definition) is 1. The van der Waals surface area contributed by atoms with Gasteiger partial charge in [-0.2, -0.15) is 0 Å². The van der Waals surface area contributed by atoms with Gasteiger partial charge in [-0.15, -0.1) is 0 Å². The van der Waals surface area contributed by atoms with Gasteiger partial charge in [0.1, 0.15) is 5.75 Å². The van der Waals surface area contributed by atoms with E-state index in [9.17, 15) is 0 Å². The van der Waals surface area contributed by atoms with Crippen molar-refractivity contribution in [3.05, 3.63) is 42.8 Å². The number of phenolic OH excluding ortho intramolecular Hbond substituents is 1. The van der Waals surface area contributed by atoms with Gasteiger partial charge in [0.2, 0.25) is 0 Å². The van der Waals surface area contributed by atoms with Crippen LogP contribution in [0.3, 0.4) is 0 Å². The Hall–Kier alpha value is -1.24. The summed E-state index contributed by atoms with van der Waals surface area (Å²) < 4.78 is 0. The minimum atomic E-state index is 0.295. The van der Waals surface area contributed by atoms with Crippen molar-refractivity contribution in [2.24, 2.45) is 0 Å². The highest BCUT2D eigenvalue weighted by Crippen LogP contribution is 2.17. The van der Waals surface area contributed by atoms with Gasteiger partial charge in [-0.1, -0.05) is 18.2 Å². The Morgan fingerprint density at radius 3 is 2.82 bits per heavy atom. The van der Waals surface area contributed by atoms with Gasteiger partial charge in [-0.3, -0.25) is 0 Å². The highest BCUT2D eigenvalue weighted by Gasteiger charge is 1.93. The molecule has 0 unspecified atom stereocenters. The second kappa shape index (κ2) is 3.24. The van der Waals surface area contributed by atoms with E-state index >= 15 is 0 Å². The lowest BCUT2D eigenvalue weighted by Crippen LogP contribution is -1.76. The van der Waals surface area contributed by atoms with E-state index in [1.165, 1.54) is 0 Å². The van der Waals surface area contributed by atoms with Crippen LogP contribution in [0.1, 0.15) is 12.5 Å². The van der Waals surface area contributed by atoms with Crippen LogP contribution in [0, 0.1) is 6.92 Å². The number of rotatable bonds is 1. The first kappa shape index (κ1) is 7.86. The van der Waals surface area contributed by atoms with Gasteiger partial charge in [-0.05, 0) is 37.1 Å². The summed E-state index contributed by atoms with van der Waals surface area (Å²) in [5.41, 5.74) is 2.08. The number of allylic oxidation sites excluding steroid dienone is 2. The molecule has 1 aromatic carbocycles. The molecule has 0 bridgehead atoms. The average Bonchev–Trinajstić information content (AvgIpc) is 2.03. The zero-order valence-electron chi connectivity index (χ0n) is 6.54. The predicted octanol–water partition coefficient (Wildman–Crippen LogP) is 2.63. The highest BCUT2D eigenvalue weighted by atomic mass is 16.3. The third-order valence-corrected chi connectivity index (χ3v) is 1.61. The summed E-state index contributed by atoms with van der Waals surface area (Å²) in [4.78, 5) is 0. The molecule has 0 saturated heterocycles. The molecule has 0 amide bonds. The Morgan fingerprint density at radius 1 is 1.55 bits per heavy atom. The molecule has 0 saturated carbocycles. The molecule has 0 fully saturated rings. The van der Waals surface area contributed by atoms with E-state index in [1.807, 2.05) is 19.1 Å². The molecule has 0 aliphatic rings. The molecular formula is C10H11O. The topological polar surface area (TPSA) is 20.2 Å². The standard InChI is InChI=1S/C10H11O/c1-3-8(2)9-5-4-6-10(11)7-9/h3-7,11H,1H2,2H3/b8-3-. The number of aromatic hydroxyl groups is 1. The molecule has 0 heterocycles. The third-order valence-electron chi connectivity index (χ3n) is 1.61. The van der Waals surface area contributed by atoms with Crippen molar-refractivity contribution >= 4 is 5.57 Å². The minimum Gasteiger partial charge on any atom is -0.508 e. The fourth-order valence-corrected chi connectivity index (χ4v) is 0.869. The second-order valence-electron chi connectivity index (χ2n) is 2.44. The fraction of sp³-hybridized carbons (Fsp3) is 0.100. The van der Waals surface area contributed by atoms with Gasteiger partial charge in [0.05, 0.1) is 0 Å². The van der Waals surface area contributed by atoms with Crippen LogP contribution in [0.4, 0.5) is 0 Å². The maximum Gasteiger partial charge on any atom is 0.116 e. The molecule has 0 atom stereocenters. The van der Waals surface area contributed by atoms with E-state index in [1.54, 1.807) is 18.2 Å². The van der Waals surface area contributed by atoms with Crippen LogP contribution >= 0.6 is 0 Å². The molecule has 1 heteroatoms. The summed E-state index contributed by atoms with van der Waals surface area (Å²) in [5.74, 6) is 0.295. The lowest BCUT2D eigenvalue weighted by Gasteiger charge is -1.99. The summed E-state index contributed by atoms with van der Waals surface area (Å²) in [5, 5.41) is 9.11. The summed E-state index contributed by atoms with van der Waals surface area (Å²) in [6, 6.07) is 7.13. The van der Waals surface area contributed by atoms with E-state index in [0.717, 1.165) is 11.1 Å². The summed E-state index contributed by atoms with van der Waals surface area (Å²) >= 11 is 0. The first-order valence-corrected chi connectivity index (χ1v) is 3.49. The van der Waals surface area contributed by atoms with Crippen molar-refractivity contribution in [2.45, 2.75) is 6.92 Å². The molecule has 11 heavy (non-hydrogen) atoms. The van der Waals surface area contributed by atoms with Crippen LogP contribution in [0.25, 0.3) is 5.57 Å². The van der Waals surface area contributed by atoms with Crippen molar-refractivity contribution in [3.8, 4) is 5.75 Å². The zero-order chi connectivity index (χ0) is 8.27. The number of phenols is 1. The first-order chi connectivity index (χ1) is 5.24. The number of hydrogen-bond donors (Lipinski definition) is 1. The van der Waals surface area contributed by atoms with Gasteiger partial charge in [0, 0.05) is 0 Å². The lowest BCUT2D eigenvalue weighted by atomic mass is 10.1. The second-order valence-corrected chi connectivity index (χ2v) is 2.44. The van der Waals surface area contributed by atoms with Gasteiger partial charge < -0.3 is 5.11 Å². The van der Waals surface area contributed by atoms with E-state index in [0.29, 0.717) is 5.75 Å². The Morgan fingerprint density at radius 2 is 2.27 bits per heavy atom. The maximum atomic E-state index is 9.11. The Balaban J connectivity index is 3.06. The quantitative estimate of drug-likeness (QED) is 0.647. The van der Waals surface area contributed by atoms with E-state index in [4.69, 9.17) is 5.11 Å². The van der Waals surface area contributed by atoms with E-state index in [2.05, 4.69) is 6.92 Å². The van der Waals surface area contributed by atoms with Crippen LogP contribution in [-0.4, -0.2) is 5.11 Å². The van der Waals surface area contributed by atoms with Gasteiger partial charge in [-0.25, -0.2) is 0 Å². The SMILES string of the molecule is [CH2]/C=C(/C)c1cccc(O)c1. The minimum absolute atomic E-state index is 0.295. The molecule has 0 spiro atoms. The Bertz CT molecular complexity index is 274. The lowest BCUT2D eigenvalue weighted by molar-refractivity contribution is 0.475. The van der Waals surface area contributed by atoms with Crippen molar-refractivity contribution in [3.63, 3.8) is 0 Å². The highest BCUT2D eigenvalue weighted by molar-refractivity contribution is 5.65. The van der Waals surface area contributed by atoms with E-state index < -0.39 is 0 Å². The molecule has 1 aromatic rings. The summed E-state index contributed by atoms with van der Waals surface area (Å²) in [6.07, 6.45) is 1.77. The summed E-state index contributed by atoms with van der Waals surface area (Å²) in [6.45, 7) is 5.61. The van der Waals surface area contributed by atoms with Crippen LogP contribution in [0.15, 0.2) is 30.3 Å². The third kappa shape index (κ3) is 1.84. The maximum absolute atomic E-state index is 9.11. The van der Waals surface area contributed by atoms with Crippen LogP contribution in [0.5, 0.6) is 5.75 Å². The molecule has 0 aliphatic carbocycles. The monoisotopic (exact) mass is 147 g/mol. The predicted molar refractivity (Wildman–Crippen MR) is 47.1 cm³/mol. The molecular weight excluding hydrogens is 136 g/mol. The van der Waals surface area contributed by atoms with Gasteiger partial charge in [0.15, 0.2) is 0 Å². The molecule has 1 rings (SSSR count). The molecule has 0 aliphatic heterocycles. The number of benzene rings is 1. The molecule has 57 valence electrons. The Kier molecular flexibility index (Phi) is 2.32. The largest absolute Gasteiger partial charge is 0.508 e. The molecule has 1 radical (unpaired) electrons. The van der Waals surface area contributed by atoms with Crippen molar-refractivity contribution in [1.82, 2.24) is 0 Å². The molecule has 0 aromatic heterocycles. The fourth-order valence-electron chi connectivity index (χ4n) is 0.869. The molecule has 1 nitrogen and oxygen atoms in total. The first-order valence-electron chi connectivity index (χ1n) is 3.49. The van der Waals surface area contributed by atoms with Gasteiger partial charge in [0.25, 0.3) is 0 Å². The van der Waals surface area contributed by atoms with Crippen LogP contribution < -0.4 is 0 Å². The summed E-state index contributed by atoms with van der Waals surface area (Å²) in [7, 11) is 0. The Labute approximate surface area is 67.0 Å². The normalized spacial score (nSPS) is 11.6. The smallest absolute Gasteiger partial charge is 0.116 e. The van der Waals surface area contributed by atoms with Crippen molar-refractivity contribution in [1.29, 1.82) is 0 Å². The average molecular weight is 147 g/mol. The van der Waals surface area contributed by atoms with E-state index in [-0.39, 0.29) is 0 Å². The van der Waals surface area contributed by atoms with Crippen molar-refractivity contribution in [2.75, 3.05) is 0 Å². The van der Waals surface area contributed by atoms with Gasteiger partial charge >= 0.3 is 0 Å². The zero-order valence-corrected chi connectivity index (χ0v) is 6.54. The van der Waals surface area contributed by atoms with Crippen LogP contribution in [0.2, 0.25) is 0 Å².